The van der Waals surface area contributed by atoms with Gasteiger partial charge in [-0.3, -0.25) is 4.90 Å². The Balaban J connectivity index is 1.89. The van der Waals surface area contributed by atoms with Crippen molar-refractivity contribution in [1.82, 2.24) is 4.90 Å². The smallest absolute Gasteiger partial charge is 0.0973 e. The first-order valence-electron chi connectivity index (χ1n) is 7.31. The van der Waals surface area contributed by atoms with E-state index in [0.29, 0.717) is 0 Å². The van der Waals surface area contributed by atoms with Gasteiger partial charge in [-0.1, -0.05) is 43.2 Å². The lowest BCUT2D eigenvalue weighted by molar-refractivity contribution is -0.0195. The molecule has 2 aliphatic rings. The monoisotopic (exact) mass is 245 g/mol. The molecule has 98 valence electrons. The molecule has 1 saturated carbocycles. The van der Waals surface area contributed by atoms with Gasteiger partial charge in [0.25, 0.3) is 0 Å². The van der Waals surface area contributed by atoms with Gasteiger partial charge in [0.1, 0.15) is 0 Å². The summed E-state index contributed by atoms with van der Waals surface area (Å²) in [5.74, 6) is 0. The van der Waals surface area contributed by atoms with E-state index in [4.69, 9.17) is 0 Å². The van der Waals surface area contributed by atoms with E-state index in [1.807, 2.05) is 18.2 Å². The average molecular weight is 245 g/mol. The van der Waals surface area contributed by atoms with Crippen LogP contribution in [0.2, 0.25) is 0 Å². The van der Waals surface area contributed by atoms with Crippen LogP contribution in [0.15, 0.2) is 30.3 Å². The van der Waals surface area contributed by atoms with Gasteiger partial charge in [0, 0.05) is 0 Å². The van der Waals surface area contributed by atoms with Crippen LogP contribution in [0.25, 0.3) is 0 Å². The molecule has 1 aromatic carbocycles. The highest BCUT2D eigenvalue weighted by molar-refractivity contribution is 5.22. The number of nitrogens with zero attached hydrogens (tertiary/aromatic N) is 1. The molecule has 0 aromatic heterocycles. The molecule has 1 unspecified atom stereocenters. The molecular formula is C16H23NO. The highest BCUT2D eigenvalue weighted by Gasteiger charge is 2.46. The fourth-order valence-corrected chi connectivity index (χ4v) is 3.86. The Morgan fingerprint density at radius 1 is 0.944 bits per heavy atom. The standard InChI is InChI=1S/C16H23NO/c18-15(14-8-2-1-3-9-14)16(10-4-5-11-16)17-12-6-7-13-17/h1-3,8-9,15,18H,4-7,10-13H2. The van der Waals surface area contributed by atoms with Crippen LogP contribution in [-0.2, 0) is 0 Å². The number of aliphatic hydroxyl groups is 1. The molecule has 1 aliphatic carbocycles. The number of benzene rings is 1. The maximum absolute atomic E-state index is 10.9. The lowest BCUT2D eigenvalue weighted by atomic mass is 9.84. The van der Waals surface area contributed by atoms with E-state index >= 15 is 0 Å². The second-order valence-electron chi connectivity index (χ2n) is 5.82. The fraction of sp³-hybridized carbons (Fsp3) is 0.625. The van der Waals surface area contributed by atoms with Crippen LogP contribution in [0.5, 0.6) is 0 Å². The minimum absolute atomic E-state index is 0.0256. The summed E-state index contributed by atoms with van der Waals surface area (Å²) in [5, 5.41) is 10.9. The maximum atomic E-state index is 10.9. The molecule has 18 heavy (non-hydrogen) atoms. The van der Waals surface area contributed by atoms with Gasteiger partial charge in [-0.05, 0) is 44.3 Å². The van der Waals surface area contributed by atoms with Crippen molar-refractivity contribution in [2.45, 2.75) is 50.2 Å². The predicted molar refractivity (Wildman–Crippen MR) is 73.4 cm³/mol. The SMILES string of the molecule is OC(c1ccccc1)C1(N2CCCC2)CCCC1. The summed E-state index contributed by atoms with van der Waals surface area (Å²) < 4.78 is 0. The first-order chi connectivity index (χ1) is 8.83. The van der Waals surface area contributed by atoms with E-state index in [1.54, 1.807) is 0 Å². The van der Waals surface area contributed by atoms with Gasteiger partial charge in [-0.25, -0.2) is 0 Å². The molecular weight excluding hydrogens is 222 g/mol. The lowest BCUT2D eigenvalue weighted by Gasteiger charge is -2.42. The summed E-state index contributed by atoms with van der Waals surface area (Å²) in [6, 6.07) is 10.2. The predicted octanol–water partition coefficient (Wildman–Crippen LogP) is 3.13. The number of likely N-dealkylation sites (tertiary alicyclic amines) is 1. The normalized spacial score (nSPS) is 25.4. The molecule has 0 radical (unpaired) electrons. The lowest BCUT2D eigenvalue weighted by Crippen LogP contribution is -2.49. The summed E-state index contributed by atoms with van der Waals surface area (Å²) in [7, 11) is 0. The summed E-state index contributed by atoms with van der Waals surface area (Å²) in [5.41, 5.74) is 1.11. The van der Waals surface area contributed by atoms with Crippen molar-refractivity contribution in [3.63, 3.8) is 0 Å². The van der Waals surface area contributed by atoms with Crippen molar-refractivity contribution in [1.29, 1.82) is 0 Å². The molecule has 2 heteroatoms. The third-order valence-corrected chi connectivity index (χ3v) is 4.83. The van der Waals surface area contributed by atoms with Crippen molar-refractivity contribution in [2.24, 2.45) is 0 Å². The molecule has 1 saturated heterocycles. The molecule has 1 atom stereocenters. The van der Waals surface area contributed by atoms with Crippen LogP contribution in [0.3, 0.4) is 0 Å². The van der Waals surface area contributed by atoms with Crippen molar-refractivity contribution in [3.8, 4) is 0 Å². The Morgan fingerprint density at radius 2 is 1.56 bits per heavy atom. The quantitative estimate of drug-likeness (QED) is 0.884. The largest absolute Gasteiger partial charge is 0.386 e. The molecule has 0 bridgehead atoms. The number of hydrogen-bond acceptors (Lipinski definition) is 2. The zero-order valence-electron chi connectivity index (χ0n) is 11.0. The van der Waals surface area contributed by atoms with Crippen LogP contribution in [-0.4, -0.2) is 28.6 Å². The van der Waals surface area contributed by atoms with Crippen LogP contribution in [0.4, 0.5) is 0 Å². The third kappa shape index (κ3) is 1.98. The van der Waals surface area contributed by atoms with E-state index in [0.717, 1.165) is 18.4 Å². The molecule has 2 fully saturated rings. The van der Waals surface area contributed by atoms with Crippen molar-refractivity contribution in [3.05, 3.63) is 35.9 Å². The molecule has 3 rings (SSSR count). The van der Waals surface area contributed by atoms with E-state index < -0.39 is 0 Å². The van der Waals surface area contributed by atoms with E-state index in [2.05, 4.69) is 17.0 Å². The van der Waals surface area contributed by atoms with Crippen LogP contribution >= 0.6 is 0 Å². The van der Waals surface area contributed by atoms with Gasteiger partial charge in [0.2, 0.25) is 0 Å². The molecule has 0 spiro atoms. The Hall–Kier alpha value is -0.860. The van der Waals surface area contributed by atoms with E-state index in [-0.39, 0.29) is 11.6 Å². The minimum Gasteiger partial charge on any atom is -0.386 e. The molecule has 1 N–H and O–H groups in total. The molecule has 1 aliphatic heterocycles. The van der Waals surface area contributed by atoms with Gasteiger partial charge >= 0.3 is 0 Å². The van der Waals surface area contributed by atoms with E-state index in [9.17, 15) is 5.11 Å². The zero-order valence-corrected chi connectivity index (χ0v) is 11.0. The van der Waals surface area contributed by atoms with Crippen molar-refractivity contribution < 1.29 is 5.11 Å². The number of aliphatic hydroxyl groups excluding tert-OH is 1. The zero-order chi connectivity index (χ0) is 12.4. The molecule has 1 aromatic rings. The van der Waals surface area contributed by atoms with Crippen molar-refractivity contribution in [2.75, 3.05) is 13.1 Å². The van der Waals surface area contributed by atoms with Gasteiger partial charge in [-0.15, -0.1) is 0 Å². The number of hydrogen-bond donors (Lipinski definition) is 1. The van der Waals surface area contributed by atoms with Crippen molar-refractivity contribution >= 4 is 0 Å². The summed E-state index contributed by atoms with van der Waals surface area (Å²) in [6.07, 6.45) is 7.11. The molecule has 1 heterocycles. The highest BCUT2D eigenvalue weighted by atomic mass is 16.3. The Labute approximate surface area is 110 Å². The van der Waals surface area contributed by atoms with Gasteiger partial charge in [-0.2, -0.15) is 0 Å². The second kappa shape index (κ2) is 5.02. The maximum Gasteiger partial charge on any atom is 0.0973 e. The van der Waals surface area contributed by atoms with Crippen LogP contribution < -0.4 is 0 Å². The third-order valence-electron chi connectivity index (χ3n) is 4.83. The van der Waals surface area contributed by atoms with Crippen LogP contribution in [0, 0.1) is 0 Å². The molecule has 2 nitrogen and oxygen atoms in total. The topological polar surface area (TPSA) is 23.5 Å². The average Bonchev–Trinajstić information content (AvgIpc) is 3.10. The summed E-state index contributed by atoms with van der Waals surface area (Å²) in [6.45, 7) is 2.34. The minimum atomic E-state index is -0.320. The highest BCUT2D eigenvalue weighted by Crippen LogP contribution is 2.45. The first kappa shape index (κ1) is 12.2. The second-order valence-corrected chi connectivity index (χ2v) is 5.82. The number of rotatable bonds is 3. The van der Waals surface area contributed by atoms with Gasteiger partial charge in [0.05, 0.1) is 11.6 Å². The summed E-state index contributed by atoms with van der Waals surface area (Å²) >= 11 is 0. The molecule has 0 amide bonds. The Kier molecular flexibility index (Phi) is 3.40. The van der Waals surface area contributed by atoms with Gasteiger partial charge in [0.15, 0.2) is 0 Å². The Morgan fingerprint density at radius 3 is 2.17 bits per heavy atom. The first-order valence-corrected chi connectivity index (χ1v) is 7.31. The fourth-order valence-electron chi connectivity index (χ4n) is 3.86. The van der Waals surface area contributed by atoms with E-state index in [1.165, 1.54) is 38.8 Å². The van der Waals surface area contributed by atoms with Gasteiger partial charge < -0.3 is 5.11 Å². The Bertz CT molecular complexity index is 377. The van der Waals surface area contributed by atoms with Crippen LogP contribution in [0.1, 0.15) is 50.2 Å². The summed E-state index contributed by atoms with van der Waals surface area (Å²) in [4.78, 5) is 2.57.